The van der Waals surface area contributed by atoms with Crippen LogP contribution in [-0.2, 0) is 0 Å². The molecule has 0 saturated carbocycles. The predicted octanol–water partition coefficient (Wildman–Crippen LogP) is 0.226. The highest BCUT2D eigenvalue weighted by Gasteiger charge is 2.40. The summed E-state index contributed by atoms with van der Waals surface area (Å²) in [6.45, 7) is 0.643. The normalized spacial score (nSPS) is 20.9. The van der Waals surface area contributed by atoms with Gasteiger partial charge < -0.3 is 15.2 Å². The number of nitrogens with zero attached hydrogens (tertiary/aromatic N) is 3. The summed E-state index contributed by atoms with van der Waals surface area (Å²) in [4.78, 5) is 46.2. The van der Waals surface area contributed by atoms with Gasteiger partial charge in [-0.05, 0) is 19.3 Å². The van der Waals surface area contributed by atoms with E-state index >= 15 is 0 Å². The number of anilines is 1. The number of urea groups is 1. The van der Waals surface area contributed by atoms with Crippen LogP contribution < -0.4 is 15.8 Å². The van der Waals surface area contributed by atoms with Crippen LogP contribution in [0.15, 0.2) is 4.79 Å². The molecule has 0 radical (unpaired) electrons. The van der Waals surface area contributed by atoms with Gasteiger partial charge in [-0.3, -0.25) is 14.5 Å². The van der Waals surface area contributed by atoms with Crippen molar-refractivity contribution in [2.75, 3.05) is 25.5 Å². The van der Waals surface area contributed by atoms with Crippen molar-refractivity contribution >= 4 is 17.8 Å². The fourth-order valence-corrected chi connectivity index (χ4v) is 3.00. The lowest BCUT2D eigenvalue weighted by atomic mass is 9.94. The quantitative estimate of drug-likeness (QED) is 0.773. The zero-order valence-corrected chi connectivity index (χ0v) is 12.0. The maximum atomic E-state index is 12.4. The molecule has 3 amide bonds. The Morgan fingerprint density at radius 1 is 1.38 bits per heavy atom. The summed E-state index contributed by atoms with van der Waals surface area (Å²) in [6.07, 6.45) is 2.65. The smallest absolute Gasteiger partial charge is 0.325 e. The Bertz CT molecular complexity index is 668. The maximum absolute atomic E-state index is 12.4. The van der Waals surface area contributed by atoms with Gasteiger partial charge in [-0.1, -0.05) is 0 Å². The first-order chi connectivity index (χ1) is 10.0. The number of carbonyl (C=O) groups excluding carboxylic acids is 2. The number of H-pyrrole nitrogens is 1. The molecule has 0 aromatic carbocycles. The highest BCUT2D eigenvalue weighted by atomic mass is 16.2. The SMILES string of the molecule is CNC(=O)c1nc2c(c(=O)[nH]1)C1CCCCN1C(=O)N2C. The van der Waals surface area contributed by atoms with Crippen LogP contribution in [0, 0.1) is 0 Å². The monoisotopic (exact) mass is 291 g/mol. The standard InChI is InChI=1S/C13H17N5O3/c1-14-12(20)9-15-10-8(11(19)16-9)7-5-3-4-6-18(7)13(21)17(10)2/h7H,3-6H2,1-2H3,(H,14,20)(H,15,16,19). The second-order valence-corrected chi connectivity index (χ2v) is 5.28. The molecule has 1 unspecified atom stereocenters. The van der Waals surface area contributed by atoms with Gasteiger partial charge in [0.15, 0.2) is 0 Å². The number of aromatic nitrogens is 2. The number of piperidine rings is 1. The van der Waals surface area contributed by atoms with Gasteiger partial charge in [0.25, 0.3) is 11.5 Å². The average molecular weight is 291 g/mol. The molecule has 0 spiro atoms. The van der Waals surface area contributed by atoms with Gasteiger partial charge in [-0.15, -0.1) is 0 Å². The van der Waals surface area contributed by atoms with Gasteiger partial charge in [-0.25, -0.2) is 9.78 Å². The van der Waals surface area contributed by atoms with Gasteiger partial charge >= 0.3 is 6.03 Å². The lowest BCUT2D eigenvalue weighted by Crippen LogP contribution is -2.52. The molecular formula is C13H17N5O3. The Morgan fingerprint density at radius 3 is 2.86 bits per heavy atom. The maximum Gasteiger partial charge on any atom is 0.325 e. The fourth-order valence-electron chi connectivity index (χ4n) is 3.00. The summed E-state index contributed by atoms with van der Waals surface area (Å²) >= 11 is 0. The highest BCUT2D eigenvalue weighted by Crippen LogP contribution is 2.37. The number of carbonyl (C=O) groups is 2. The molecule has 21 heavy (non-hydrogen) atoms. The number of amides is 3. The third-order valence-electron chi connectivity index (χ3n) is 4.06. The molecule has 0 bridgehead atoms. The van der Waals surface area contributed by atoms with E-state index in [2.05, 4.69) is 15.3 Å². The minimum atomic E-state index is -0.484. The lowest BCUT2D eigenvalue weighted by molar-refractivity contribution is 0.0951. The third kappa shape index (κ3) is 1.98. The Hall–Kier alpha value is -2.38. The summed E-state index contributed by atoms with van der Waals surface area (Å²) in [5.41, 5.74) is 0.124. The molecule has 1 aromatic rings. The van der Waals surface area contributed by atoms with E-state index in [1.807, 2.05) is 0 Å². The van der Waals surface area contributed by atoms with Crippen molar-refractivity contribution in [2.24, 2.45) is 0 Å². The van der Waals surface area contributed by atoms with E-state index in [1.54, 1.807) is 11.9 Å². The number of rotatable bonds is 1. The number of nitrogens with one attached hydrogen (secondary N) is 2. The summed E-state index contributed by atoms with van der Waals surface area (Å²) < 4.78 is 0. The van der Waals surface area contributed by atoms with Crippen LogP contribution in [0.3, 0.4) is 0 Å². The molecule has 3 rings (SSSR count). The van der Waals surface area contributed by atoms with Crippen molar-refractivity contribution in [2.45, 2.75) is 25.3 Å². The van der Waals surface area contributed by atoms with Crippen LogP contribution in [-0.4, -0.2) is 47.4 Å². The summed E-state index contributed by atoms with van der Waals surface area (Å²) in [5.74, 6) is -0.280. The highest BCUT2D eigenvalue weighted by molar-refractivity contribution is 5.95. The molecule has 8 nitrogen and oxygen atoms in total. The number of aromatic amines is 1. The van der Waals surface area contributed by atoms with Gasteiger partial charge in [0.05, 0.1) is 11.6 Å². The molecule has 3 heterocycles. The lowest BCUT2D eigenvalue weighted by Gasteiger charge is -2.42. The average Bonchev–Trinajstić information content (AvgIpc) is 2.51. The van der Waals surface area contributed by atoms with E-state index in [-0.39, 0.29) is 29.3 Å². The van der Waals surface area contributed by atoms with E-state index in [0.29, 0.717) is 12.1 Å². The van der Waals surface area contributed by atoms with E-state index in [1.165, 1.54) is 11.9 Å². The van der Waals surface area contributed by atoms with Crippen molar-refractivity contribution in [1.82, 2.24) is 20.2 Å². The molecule has 1 fully saturated rings. The summed E-state index contributed by atoms with van der Waals surface area (Å²) in [7, 11) is 3.03. The van der Waals surface area contributed by atoms with Crippen molar-refractivity contribution in [3.8, 4) is 0 Å². The largest absolute Gasteiger partial charge is 0.352 e. The van der Waals surface area contributed by atoms with Gasteiger partial charge in [0.2, 0.25) is 5.82 Å². The first-order valence-electron chi connectivity index (χ1n) is 6.95. The predicted molar refractivity (Wildman–Crippen MR) is 75.3 cm³/mol. The Balaban J connectivity index is 2.17. The molecule has 1 atom stereocenters. The molecular weight excluding hydrogens is 274 g/mol. The molecule has 0 aliphatic carbocycles. The number of hydrogen-bond acceptors (Lipinski definition) is 4. The van der Waals surface area contributed by atoms with Crippen molar-refractivity contribution in [1.29, 1.82) is 0 Å². The van der Waals surface area contributed by atoms with Crippen LogP contribution in [0.5, 0.6) is 0 Å². The van der Waals surface area contributed by atoms with Crippen molar-refractivity contribution in [3.63, 3.8) is 0 Å². The summed E-state index contributed by atoms with van der Waals surface area (Å²) in [6, 6.07) is -0.416. The Morgan fingerprint density at radius 2 is 2.14 bits per heavy atom. The number of fused-ring (bicyclic) bond motifs is 3. The fraction of sp³-hybridized carbons (Fsp3) is 0.538. The van der Waals surface area contributed by atoms with Gasteiger partial charge in [0, 0.05) is 20.6 Å². The van der Waals surface area contributed by atoms with Gasteiger partial charge in [0.1, 0.15) is 5.82 Å². The van der Waals surface area contributed by atoms with E-state index in [4.69, 9.17) is 0 Å². The Labute approximate surface area is 121 Å². The Kier molecular flexibility index (Phi) is 3.15. The minimum absolute atomic E-state index is 0.0786. The van der Waals surface area contributed by atoms with E-state index in [9.17, 15) is 14.4 Å². The molecule has 1 saturated heterocycles. The van der Waals surface area contributed by atoms with Gasteiger partial charge in [-0.2, -0.15) is 0 Å². The van der Waals surface area contributed by atoms with E-state index < -0.39 is 5.91 Å². The third-order valence-corrected chi connectivity index (χ3v) is 4.06. The molecule has 1 aromatic heterocycles. The second-order valence-electron chi connectivity index (χ2n) is 5.28. The minimum Gasteiger partial charge on any atom is -0.352 e. The van der Waals surface area contributed by atoms with Crippen LogP contribution in [0.1, 0.15) is 41.5 Å². The summed E-state index contributed by atoms with van der Waals surface area (Å²) in [5, 5.41) is 2.41. The van der Waals surface area contributed by atoms with Crippen LogP contribution in [0.4, 0.5) is 10.6 Å². The molecule has 8 heteroatoms. The molecule has 2 aliphatic rings. The zero-order valence-electron chi connectivity index (χ0n) is 12.0. The first kappa shape index (κ1) is 13.6. The molecule has 2 aliphatic heterocycles. The van der Waals surface area contributed by atoms with Crippen molar-refractivity contribution < 1.29 is 9.59 Å². The first-order valence-corrected chi connectivity index (χ1v) is 6.95. The topological polar surface area (TPSA) is 98.4 Å². The number of hydrogen-bond donors (Lipinski definition) is 2. The van der Waals surface area contributed by atoms with Crippen LogP contribution in [0.2, 0.25) is 0 Å². The molecule has 112 valence electrons. The van der Waals surface area contributed by atoms with Crippen LogP contribution in [0.25, 0.3) is 0 Å². The van der Waals surface area contributed by atoms with Crippen molar-refractivity contribution in [3.05, 3.63) is 21.7 Å². The second kappa shape index (κ2) is 4.87. The molecule has 2 N–H and O–H groups in total. The zero-order chi connectivity index (χ0) is 15.1. The van der Waals surface area contributed by atoms with Crippen LogP contribution >= 0.6 is 0 Å². The van der Waals surface area contributed by atoms with E-state index in [0.717, 1.165) is 19.3 Å².